The van der Waals surface area contributed by atoms with E-state index in [1.54, 1.807) is 11.3 Å². The van der Waals surface area contributed by atoms with Crippen LogP contribution in [-0.2, 0) is 0 Å². The molecule has 0 saturated carbocycles. The van der Waals surface area contributed by atoms with Crippen LogP contribution >= 0.6 is 11.3 Å². The first-order valence-corrected chi connectivity index (χ1v) is 7.54. The summed E-state index contributed by atoms with van der Waals surface area (Å²) < 4.78 is 0. The lowest BCUT2D eigenvalue weighted by Gasteiger charge is -2.28. The van der Waals surface area contributed by atoms with Crippen molar-refractivity contribution in [3.05, 3.63) is 22.4 Å². The average Bonchev–Trinajstić information content (AvgIpc) is 2.83. The Morgan fingerprint density at radius 1 is 1.29 bits per heavy atom. The van der Waals surface area contributed by atoms with Gasteiger partial charge in [0.1, 0.15) is 0 Å². The Labute approximate surface area is 109 Å². The molecule has 0 radical (unpaired) electrons. The summed E-state index contributed by atoms with van der Waals surface area (Å²) in [4.78, 5) is 1.22. The van der Waals surface area contributed by atoms with Crippen molar-refractivity contribution in [1.29, 1.82) is 0 Å². The first-order valence-electron chi connectivity index (χ1n) is 6.66. The van der Waals surface area contributed by atoms with Gasteiger partial charge in [0.2, 0.25) is 0 Å². The van der Waals surface area contributed by atoms with Gasteiger partial charge in [-0.25, -0.2) is 0 Å². The standard InChI is InChI=1S/C14H25NOS/c1-3-6-11(7-4-2)14(16)12(10-15)13-8-5-9-17-13/h5,8-9,11-12,14,16H,3-4,6-7,10,15H2,1-2H3. The number of hydrogen-bond donors (Lipinski definition) is 2. The second-order valence-electron chi connectivity index (χ2n) is 4.69. The summed E-state index contributed by atoms with van der Waals surface area (Å²) in [5, 5.41) is 12.6. The van der Waals surface area contributed by atoms with Gasteiger partial charge >= 0.3 is 0 Å². The number of aliphatic hydroxyl groups is 1. The largest absolute Gasteiger partial charge is 0.392 e. The van der Waals surface area contributed by atoms with E-state index in [0.29, 0.717) is 12.5 Å². The van der Waals surface area contributed by atoms with Crippen molar-refractivity contribution >= 4 is 11.3 Å². The van der Waals surface area contributed by atoms with E-state index in [-0.39, 0.29) is 12.0 Å². The van der Waals surface area contributed by atoms with Gasteiger partial charge in [0.15, 0.2) is 0 Å². The van der Waals surface area contributed by atoms with Crippen molar-refractivity contribution in [3.63, 3.8) is 0 Å². The fourth-order valence-corrected chi connectivity index (χ4v) is 3.36. The lowest BCUT2D eigenvalue weighted by molar-refractivity contribution is 0.0732. The smallest absolute Gasteiger partial charge is 0.0656 e. The molecule has 0 aliphatic rings. The summed E-state index contributed by atoms with van der Waals surface area (Å²) >= 11 is 1.70. The second kappa shape index (κ2) is 7.85. The molecule has 0 aromatic carbocycles. The van der Waals surface area contributed by atoms with Crippen LogP contribution in [-0.4, -0.2) is 17.8 Å². The van der Waals surface area contributed by atoms with Crippen LogP contribution in [0.2, 0.25) is 0 Å². The molecule has 0 aliphatic heterocycles. The molecule has 3 heteroatoms. The third kappa shape index (κ3) is 4.09. The maximum Gasteiger partial charge on any atom is 0.0656 e. The number of aliphatic hydroxyl groups excluding tert-OH is 1. The summed E-state index contributed by atoms with van der Waals surface area (Å²) in [6, 6.07) is 4.12. The summed E-state index contributed by atoms with van der Waals surface area (Å²) in [5.74, 6) is 0.499. The Kier molecular flexibility index (Phi) is 6.78. The predicted molar refractivity (Wildman–Crippen MR) is 75.4 cm³/mol. The van der Waals surface area contributed by atoms with Crippen molar-refractivity contribution < 1.29 is 5.11 Å². The number of rotatable bonds is 8. The molecule has 0 spiro atoms. The maximum atomic E-state index is 10.5. The van der Waals surface area contributed by atoms with E-state index >= 15 is 0 Å². The summed E-state index contributed by atoms with van der Waals surface area (Å²) in [6.07, 6.45) is 4.15. The molecule has 0 aliphatic carbocycles. The van der Waals surface area contributed by atoms with Gasteiger partial charge in [-0.15, -0.1) is 11.3 Å². The Morgan fingerprint density at radius 3 is 2.35 bits per heavy atom. The van der Waals surface area contributed by atoms with Crippen LogP contribution in [0.5, 0.6) is 0 Å². The molecule has 1 aromatic heterocycles. The number of thiophene rings is 1. The highest BCUT2D eigenvalue weighted by molar-refractivity contribution is 7.10. The van der Waals surface area contributed by atoms with E-state index in [4.69, 9.17) is 5.73 Å². The maximum absolute atomic E-state index is 10.5. The molecule has 0 fully saturated rings. The number of hydrogen-bond acceptors (Lipinski definition) is 3. The van der Waals surface area contributed by atoms with E-state index in [1.165, 1.54) is 4.88 Å². The molecule has 1 aromatic rings. The Morgan fingerprint density at radius 2 is 1.94 bits per heavy atom. The highest BCUT2D eigenvalue weighted by Gasteiger charge is 2.27. The zero-order valence-corrected chi connectivity index (χ0v) is 11.7. The van der Waals surface area contributed by atoms with E-state index in [1.807, 2.05) is 6.07 Å². The molecule has 3 N–H and O–H groups in total. The fraction of sp³-hybridized carbons (Fsp3) is 0.714. The Hall–Kier alpha value is -0.380. The van der Waals surface area contributed by atoms with E-state index in [0.717, 1.165) is 25.7 Å². The van der Waals surface area contributed by atoms with E-state index in [2.05, 4.69) is 25.3 Å². The molecule has 0 bridgehead atoms. The highest BCUT2D eigenvalue weighted by atomic mass is 32.1. The molecular formula is C14H25NOS. The third-order valence-corrected chi connectivity index (χ3v) is 4.38. The first kappa shape index (κ1) is 14.7. The lowest BCUT2D eigenvalue weighted by Crippen LogP contribution is -2.32. The van der Waals surface area contributed by atoms with Gasteiger partial charge in [-0.2, -0.15) is 0 Å². The molecule has 1 heterocycles. The third-order valence-electron chi connectivity index (χ3n) is 3.38. The minimum atomic E-state index is -0.293. The van der Waals surface area contributed by atoms with Crippen LogP contribution in [0, 0.1) is 5.92 Å². The molecule has 0 amide bonds. The zero-order chi connectivity index (χ0) is 12.7. The van der Waals surface area contributed by atoms with Crippen molar-refractivity contribution in [3.8, 4) is 0 Å². The van der Waals surface area contributed by atoms with Gasteiger partial charge in [0.25, 0.3) is 0 Å². The van der Waals surface area contributed by atoms with Crippen LogP contribution in [0.25, 0.3) is 0 Å². The molecule has 17 heavy (non-hydrogen) atoms. The van der Waals surface area contributed by atoms with Gasteiger partial charge < -0.3 is 10.8 Å². The lowest BCUT2D eigenvalue weighted by atomic mass is 9.84. The van der Waals surface area contributed by atoms with Crippen LogP contribution < -0.4 is 5.73 Å². The van der Waals surface area contributed by atoms with Crippen molar-refractivity contribution in [2.75, 3.05) is 6.54 Å². The SMILES string of the molecule is CCCC(CCC)C(O)C(CN)c1cccs1. The minimum Gasteiger partial charge on any atom is -0.392 e. The summed E-state index contributed by atoms with van der Waals surface area (Å²) in [7, 11) is 0. The topological polar surface area (TPSA) is 46.2 Å². The number of nitrogens with two attached hydrogens (primary N) is 1. The highest BCUT2D eigenvalue weighted by Crippen LogP contribution is 2.31. The van der Waals surface area contributed by atoms with Crippen molar-refractivity contribution in [2.45, 2.75) is 51.6 Å². The van der Waals surface area contributed by atoms with Crippen molar-refractivity contribution in [2.24, 2.45) is 11.7 Å². The van der Waals surface area contributed by atoms with Crippen LogP contribution in [0.3, 0.4) is 0 Å². The Bertz CT molecular complexity index is 280. The van der Waals surface area contributed by atoms with Gasteiger partial charge in [0, 0.05) is 17.3 Å². The van der Waals surface area contributed by atoms with Crippen LogP contribution in [0.4, 0.5) is 0 Å². The summed E-state index contributed by atoms with van der Waals surface area (Å²) in [5.41, 5.74) is 5.84. The van der Waals surface area contributed by atoms with Crippen LogP contribution in [0.15, 0.2) is 17.5 Å². The van der Waals surface area contributed by atoms with Gasteiger partial charge in [-0.1, -0.05) is 32.8 Å². The monoisotopic (exact) mass is 255 g/mol. The molecule has 98 valence electrons. The molecule has 2 atom stereocenters. The van der Waals surface area contributed by atoms with Gasteiger partial charge in [-0.3, -0.25) is 0 Å². The van der Waals surface area contributed by atoms with Crippen molar-refractivity contribution in [1.82, 2.24) is 0 Å². The van der Waals surface area contributed by atoms with Crippen LogP contribution in [0.1, 0.15) is 50.3 Å². The predicted octanol–water partition coefficient (Wildman–Crippen LogP) is 3.37. The molecule has 0 saturated heterocycles. The minimum absolute atomic E-state index is 0.109. The second-order valence-corrected chi connectivity index (χ2v) is 5.66. The zero-order valence-electron chi connectivity index (χ0n) is 10.9. The van der Waals surface area contributed by atoms with Gasteiger partial charge in [-0.05, 0) is 30.2 Å². The molecule has 2 nitrogen and oxygen atoms in total. The normalized spacial score (nSPS) is 15.1. The first-order chi connectivity index (χ1) is 8.24. The van der Waals surface area contributed by atoms with E-state index < -0.39 is 0 Å². The molecule has 2 unspecified atom stereocenters. The average molecular weight is 255 g/mol. The fourth-order valence-electron chi connectivity index (χ4n) is 2.48. The quantitative estimate of drug-likeness (QED) is 0.748. The molecular weight excluding hydrogens is 230 g/mol. The molecule has 1 rings (SSSR count). The van der Waals surface area contributed by atoms with E-state index in [9.17, 15) is 5.11 Å². The summed E-state index contributed by atoms with van der Waals surface area (Å²) in [6.45, 7) is 4.89. The Balaban J connectivity index is 2.72. The van der Waals surface area contributed by atoms with Gasteiger partial charge in [0.05, 0.1) is 6.10 Å².